The summed E-state index contributed by atoms with van der Waals surface area (Å²) < 4.78 is 37.2. The Morgan fingerprint density at radius 2 is 1.79 bits per heavy atom. The van der Waals surface area contributed by atoms with Gasteiger partial charge in [-0.3, -0.25) is 4.98 Å². The molecule has 0 saturated carbocycles. The minimum atomic E-state index is -4.36. The average molecular weight is 263 g/mol. The van der Waals surface area contributed by atoms with Crippen LogP contribution in [0.3, 0.4) is 0 Å². The van der Waals surface area contributed by atoms with Crippen LogP contribution in [0.25, 0.3) is 0 Å². The summed E-state index contributed by atoms with van der Waals surface area (Å²) in [6.45, 7) is 0. The Labute approximate surface area is 107 Å². The maximum atomic E-state index is 12.4. The van der Waals surface area contributed by atoms with Crippen molar-refractivity contribution < 1.29 is 13.2 Å². The second kappa shape index (κ2) is 4.98. The molecule has 0 amide bonds. The molecule has 2 aromatic rings. The number of aromatic nitrogens is 1. The second-order valence-electron chi connectivity index (χ2n) is 3.73. The van der Waals surface area contributed by atoms with Crippen molar-refractivity contribution in [2.45, 2.75) is 6.18 Å². The SMILES string of the molecule is N#Cc1ccncc1Nc1ccc(C(F)(F)F)cc1. The van der Waals surface area contributed by atoms with Gasteiger partial charge in [0.2, 0.25) is 0 Å². The number of hydrogen-bond acceptors (Lipinski definition) is 3. The fourth-order valence-electron chi connectivity index (χ4n) is 1.49. The lowest BCUT2D eigenvalue weighted by Gasteiger charge is -2.10. The number of nitriles is 1. The van der Waals surface area contributed by atoms with E-state index in [0.717, 1.165) is 12.1 Å². The van der Waals surface area contributed by atoms with E-state index >= 15 is 0 Å². The van der Waals surface area contributed by atoms with Gasteiger partial charge in [0.05, 0.1) is 23.0 Å². The smallest absolute Gasteiger partial charge is 0.353 e. The van der Waals surface area contributed by atoms with Gasteiger partial charge >= 0.3 is 6.18 Å². The summed E-state index contributed by atoms with van der Waals surface area (Å²) >= 11 is 0. The number of alkyl halides is 3. The van der Waals surface area contributed by atoms with E-state index in [0.29, 0.717) is 16.9 Å². The molecule has 1 aromatic carbocycles. The molecule has 2 rings (SSSR count). The van der Waals surface area contributed by atoms with Crippen molar-refractivity contribution in [3.05, 3.63) is 53.9 Å². The van der Waals surface area contributed by atoms with Gasteiger partial charge in [0, 0.05) is 11.9 Å². The molecule has 19 heavy (non-hydrogen) atoms. The first-order chi connectivity index (χ1) is 9.00. The van der Waals surface area contributed by atoms with Crippen molar-refractivity contribution >= 4 is 11.4 Å². The van der Waals surface area contributed by atoms with Crippen LogP contribution in [0, 0.1) is 11.3 Å². The van der Waals surface area contributed by atoms with Crippen molar-refractivity contribution in [1.82, 2.24) is 4.98 Å². The Kier molecular flexibility index (Phi) is 3.38. The Morgan fingerprint density at radius 3 is 2.37 bits per heavy atom. The number of pyridine rings is 1. The summed E-state index contributed by atoms with van der Waals surface area (Å²) in [6.07, 6.45) is -1.45. The third-order valence-electron chi connectivity index (χ3n) is 2.43. The minimum absolute atomic E-state index is 0.370. The van der Waals surface area contributed by atoms with Gasteiger partial charge in [0.1, 0.15) is 6.07 Å². The van der Waals surface area contributed by atoms with Crippen molar-refractivity contribution in [3.8, 4) is 6.07 Å². The number of anilines is 2. The van der Waals surface area contributed by atoms with Crippen LogP contribution in [-0.4, -0.2) is 4.98 Å². The molecular formula is C13H8F3N3. The summed E-state index contributed by atoms with van der Waals surface area (Å²) in [4.78, 5) is 3.85. The molecule has 0 aliphatic rings. The molecule has 0 bridgehead atoms. The van der Waals surface area contributed by atoms with Crippen LogP contribution in [0.1, 0.15) is 11.1 Å². The molecule has 0 aliphatic heterocycles. The van der Waals surface area contributed by atoms with E-state index in [1.807, 2.05) is 6.07 Å². The van der Waals surface area contributed by atoms with Crippen molar-refractivity contribution in [1.29, 1.82) is 5.26 Å². The lowest BCUT2D eigenvalue weighted by Crippen LogP contribution is -2.04. The molecule has 0 saturated heterocycles. The predicted molar refractivity (Wildman–Crippen MR) is 63.7 cm³/mol. The van der Waals surface area contributed by atoms with Crippen LogP contribution in [0.2, 0.25) is 0 Å². The second-order valence-corrected chi connectivity index (χ2v) is 3.73. The highest BCUT2D eigenvalue weighted by atomic mass is 19.4. The number of rotatable bonds is 2. The zero-order valence-electron chi connectivity index (χ0n) is 9.57. The van der Waals surface area contributed by atoms with Crippen LogP contribution in [-0.2, 0) is 6.18 Å². The molecule has 0 aliphatic carbocycles. The van der Waals surface area contributed by atoms with Crippen LogP contribution < -0.4 is 5.32 Å². The predicted octanol–water partition coefficient (Wildman–Crippen LogP) is 3.72. The third-order valence-corrected chi connectivity index (χ3v) is 2.43. The first-order valence-electron chi connectivity index (χ1n) is 5.29. The number of nitrogens with one attached hydrogen (secondary N) is 1. The summed E-state index contributed by atoms with van der Waals surface area (Å²) in [7, 11) is 0. The molecule has 0 fully saturated rings. The Hall–Kier alpha value is -2.55. The Balaban J connectivity index is 2.23. The van der Waals surface area contributed by atoms with Gasteiger partial charge in [0.25, 0.3) is 0 Å². The van der Waals surface area contributed by atoms with Crippen LogP contribution in [0.5, 0.6) is 0 Å². The summed E-state index contributed by atoms with van der Waals surface area (Å²) in [6, 6.07) is 8.05. The number of halogens is 3. The molecule has 0 unspecified atom stereocenters. The summed E-state index contributed by atoms with van der Waals surface area (Å²) in [5, 5.41) is 11.7. The zero-order valence-corrected chi connectivity index (χ0v) is 9.57. The fourth-order valence-corrected chi connectivity index (χ4v) is 1.49. The van der Waals surface area contributed by atoms with E-state index in [4.69, 9.17) is 5.26 Å². The summed E-state index contributed by atoms with van der Waals surface area (Å²) in [5.41, 5.74) is 0.557. The van der Waals surface area contributed by atoms with E-state index in [1.54, 1.807) is 0 Å². The molecule has 3 nitrogen and oxygen atoms in total. The van der Waals surface area contributed by atoms with Gasteiger partial charge in [-0.15, -0.1) is 0 Å². The fraction of sp³-hybridized carbons (Fsp3) is 0.0769. The highest BCUT2D eigenvalue weighted by Gasteiger charge is 2.29. The van der Waals surface area contributed by atoms with Gasteiger partial charge in [-0.1, -0.05) is 0 Å². The molecule has 1 N–H and O–H groups in total. The van der Waals surface area contributed by atoms with E-state index in [9.17, 15) is 13.2 Å². The van der Waals surface area contributed by atoms with Gasteiger partial charge in [-0.05, 0) is 30.3 Å². The van der Waals surface area contributed by atoms with Crippen LogP contribution >= 0.6 is 0 Å². The van der Waals surface area contributed by atoms with E-state index in [2.05, 4.69) is 10.3 Å². The van der Waals surface area contributed by atoms with Crippen LogP contribution in [0.15, 0.2) is 42.7 Å². The number of nitrogens with zero attached hydrogens (tertiary/aromatic N) is 2. The van der Waals surface area contributed by atoms with Crippen LogP contribution in [0.4, 0.5) is 24.5 Å². The van der Waals surface area contributed by atoms with Crippen molar-refractivity contribution in [2.75, 3.05) is 5.32 Å². The van der Waals surface area contributed by atoms with Gasteiger partial charge in [0.15, 0.2) is 0 Å². The molecule has 1 heterocycles. The number of hydrogen-bond donors (Lipinski definition) is 1. The van der Waals surface area contributed by atoms with E-state index in [1.165, 1.54) is 30.6 Å². The largest absolute Gasteiger partial charge is 0.416 e. The molecule has 6 heteroatoms. The highest BCUT2D eigenvalue weighted by molar-refractivity contribution is 5.65. The van der Waals surface area contributed by atoms with Gasteiger partial charge in [-0.25, -0.2) is 0 Å². The lowest BCUT2D eigenvalue weighted by molar-refractivity contribution is -0.137. The Morgan fingerprint density at radius 1 is 1.11 bits per heavy atom. The van der Waals surface area contributed by atoms with Crippen molar-refractivity contribution in [3.63, 3.8) is 0 Å². The highest BCUT2D eigenvalue weighted by Crippen LogP contribution is 2.30. The van der Waals surface area contributed by atoms with E-state index in [-0.39, 0.29) is 0 Å². The summed E-state index contributed by atoms with van der Waals surface area (Å²) in [5.74, 6) is 0. The maximum absolute atomic E-state index is 12.4. The topological polar surface area (TPSA) is 48.7 Å². The zero-order chi connectivity index (χ0) is 13.9. The standard InChI is InChI=1S/C13H8F3N3/c14-13(15,16)10-1-3-11(4-2-10)19-12-8-18-6-5-9(12)7-17/h1-6,8,19H. The normalized spacial score (nSPS) is 10.8. The molecule has 0 radical (unpaired) electrons. The first-order valence-corrected chi connectivity index (χ1v) is 5.29. The quantitative estimate of drug-likeness (QED) is 0.898. The average Bonchev–Trinajstić information content (AvgIpc) is 2.39. The monoisotopic (exact) mass is 263 g/mol. The lowest BCUT2D eigenvalue weighted by atomic mass is 10.2. The molecular weight excluding hydrogens is 255 g/mol. The van der Waals surface area contributed by atoms with E-state index < -0.39 is 11.7 Å². The number of benzene rings is 1. The first kappa shape index (κ1) is 12.9. The third kappa shape index (κ3) is 3.01. The van der Waals surface area contributed by atoms with Gasteiger partial charge in [-0.2, -0.15) is 18.4 Å². The van der Waals surface area contributed by atoms with Crippen molar-refractivity contribution in [2.24, 2.45) is 0 Å². The molecule has 1 aromatic heterocycles. The molecule has 0 atom stereocenters. The Bertz CT molecular complexity index is 612. The maximum Gasteiger partial charge on any atom is 0.416 e. The minimum Gasteiger partial charge on any atom is -0.353 e. The molecule has 0 spiro atoms. The molecule has 96 valence electrons. The van der Waals surface area contributed by atoms with Gasteiger partial charge < -0.3 is 5.32 Å².